The number of anilines is 1. The highest BCUT2D eigenvalue weighted by Crippen LogP contribution is 2.50. The predicted molar refractivity (Wildman–Crippen MR) is 196 cm³/mol. The van der Waals surface area contributed by atoms with Crippen molar-refractivity contribution in [3.05, 3.63) is 82.4 Å². The van der Waals surface area contributed by atoms with Crippen molar-refractivity contribution in [3.8, 4) is 5.75 Å². The van der Waals surface area contributed by atoms with Crippen LogP contribution in [0.3, 0.4) is 0 Å². The summed E-state index contributed by atoms with van der Waals surface area (Å²) in [5.74, 6) is -0.469. The maximum Gasteiger partial charge on any atom is 0.264 e. The van der Waals surface area contributed by atoms with E-state index in [0.29, 0.717) is 55.4 Å². The molecular formula is C39H47ClN4O6S. The van der Waals surface area contributed by atoms with Crippen LogP contribution in [0.5, 0.6) is 5.75 Å². The molecule has 1 saturated carbocycles. The third kappa shape index (κ3) is 7.26. The summed E-state index contributed by atoms with van der Waals surface area (Å²) in [6.07, 6.45) is 9.06. The number of hydrogen-bond acceptors (Lipinski definition) is 9. The van der Waals surface area contributed by atoms with Gasteiger partial charge in [-0.2, -0.15) is 0 Å². The number of ether oxygens (including phenoxy) is 1. The number of aliphatic hydroxyl groups is 1. The van der Waals surface area contributed by atoms with Crippen LogP contribution in [-0.2, 0) is 33.1 Å². The number of rotatable bonds is 4. The number of ketones is 1. The number of sulfonamides is 1. The van der Waals surface area contributed by atoms with Crippen LogP contribution in [0.4, 0.5) is 5.69 Å². The first kappa shape index (κ1) is 35.8. The van der Waals surface area contributed by atoms with E-state index in [-0.39, 0.29) is 47.4 Å². The smallest absolute Gasteiger partial charge is 0.264 e. The third-order valence-electron chi connectivity index (χ3n) is 12.2. The number of aryl methyl sites for hydroxylation is 1. The molecule has 3 heterocycles. The second-order valence-electron chi connectivity index (χ2n) is 15.5. The molecule has 2 N–H and O–H groups in total. The highest BCUT2D eigenvalue weighted by molar-refractivity contribution is 7.90. The van der Waals surface area contributed by atoms with E-state index < -0.39 is 26.8 Å². The van der Waals surface area contributed by atoms with Gasteiger partial charge >= 0.3 is 0 Å². The van der Waals surface area contributed by atoms with Gasteiger partial charge in [0, 0.05) is 48.1 Å². The number of hydrogen-bond donors (Lipinski definition) is 2. The quantitative estimate of drug-likeness (QED) is 0.339. The molecule has 12 heteroatoms. The molecule has 51 heavy (non-hydrogen) atoms. The summed E-state index contributed by atoms with van der Waals surface area (Å²) in [6.45, 7) is 5.11. The Labute approximate surface area is 305 Å². The number of Topliss-reactive ketones (excluding diaryl/α,β-unsaturated/α-hetero) is 1. The maximum atomic E-state index is 13.6. The molecule has 10 nitrogen and oxygen atoms in total. The van der Waals surface area contributed by atoms with Crippen LogP contribution in [0.25, 0.3) is 0 Å². The summed E-state index contributed by atoms with van der Waals surface area (Å²) >= 11 is 6.45. The summed E-state index contributed by atoms with van der Waals surface area (Å²) in [5.41, 5.74) is 2.38. The fourth-order valence-corrected chi connectivity index (χ4v) is 10.5. The first-order chi connectivity index (χ1) is 24.4. The summed E-state index contributed by atoms with van der Waals surface area (Å²) < 4.78 is 35.9. The summed E-state index contributed by atoms with van der Waals surface area (Å²) in [5, 5.41) is 12.4. The minimum Gasteiger partial charge on any atom is -0.490 e. The van der Waals surface area contributed by atoms with Crippen molar-refractivity contribution in [1.29, 1.82) is 0 Å². The topological polar surface area (TPSA) is 139 Å². The summed E-state index contributed by atoms with van der Waals surface area (Å²) in [7, 11) is -4.01. The first-order valence-electron chi connectivity index (χ1n) is 18.2. The minimum absolute atomic E-state index is 0.00161. The summed E-state index contributed by atoms with van der Waals surface area (Å²) in [4.78, 5) is 37.6. The average Bonchev–Trinajstić information content (AvgIpc) is 3.22. The Balaban J connectivity index is 1.27. The van der Waals surface area contributed by atoms with Gasteiger partial charge in [-0.1, -0.05) is 31.0 Å². The number of nitrogens with zero attached hydrogens (tertiary/aromatic N) is 3. The molecular weight excluding hydrogens is 688 g/mol. The van der Waals surface area contributed by atoms with E-state index in [2.05, 4.69) is 31.7 Å². The minimum atomic E-state index is -4.01. The molecule has 1 amide bonds. The number of carbonyl (C=O) groups excluding carboxylic acids is 2. The van der Waals surface area contributed by atoms with Gasteiger partial charge in [0.2, 0.25) is 10.0 Å². The van der Waals surface area contributed by atoms with E-state index in [4.69, 9.17) is 16.3 Å². The SMILES string of the molecule is C[C@@H]1[C@@H](C)CCC[C@@](O)(CC(=O)Cc2ccncn2)[C@@H]2CC[C@H]2CN2C[C@@]3(CCCc4cc(Cl)ccc43)COc3ccc(cc32)C(=O)NS1(=O)=O. The fraction of sp³-hybridized carbons (Fsp3) is 0.538. The molecule has 0 radical (unpaired) electrons. The van der Waals surface area contributed by atoms with Crippen molar-refractivity contribution >= 4 is 39.0 Å². The van der Waals surface area contributed by atoms with E-state index in [0.717, 1.165) is 37.8 Å². The monoisotopic (exact) mass is 734 g/mol. The van der Waals surface area contributed by atoms with Crippen LogP contribution in [-0.4, -0.2) is 65.7 Å². The molecule has 2 aliphatic carbocycles. The summed E-state index contributed by atoms with van der Waals surface area (Å²) in [6, 6.07) is 13.0. The van der Waals surface area contributed by atoms with Gasteiger partial charge in [0.25, 0.3) is 5.91 Å². The molecule has 1 fully saturated rings. The number of benzene rings is 2. The molecule has 272 valence electrons. The van der Waals surface area contributed by atoms with Gasteiger partial charge in [-0.25, -0.2) is 23.1 Å². The predicted octanol–water partition coefficient (Wildman–Crippen LogP) is 5.83. The Kier molecular flexibility index (Phi) is 9.92. The van der Waals surface area contributed by atoms with Gasteiger partial charge < -0.3 is 14.7 Å². The molecule has 0 unspecified atom stereocenters. The van der Waals surface area contributed by atoms with Crippen molar-refractivity contribution in [3.63, 3.8) is 0 Å². The van der Waals surface area contributed by atoms with Gasteiger partial charge in [-0.05, 0) is 117 Å². The third-order valence-corrected chi connectivity index (χ3v) is 14.3. The van der Waals surface area contributed by atoms with Crippen molar-refractivity contribution < 1.29 is 27.9 Å². The van der Waals surface area contributed by atoms with Gasteiger partial charge in [0.05, 0.1) is 28.8 Å². The number of fused-ring (bicyclic) bond motifs is 4. The highest BCUT2D eigenvalue weighted by atomic mass is 35.5. The number of nitrogens with one attached hydrogen (secondary N) is 1. The van der Waals surface area contributed by atoms with Gasteiger partial charge in [-0.15, -0.1) is 0 Å². The lowest BCUT2D eigenvalue weighted by molar-refractivity contribution is -0.134. The number of amides is 1. The highest BCUT2D eigenvalue weighted by Gasteiger charge is 2.49. The van der Waals surface area contributed by atoms with E-state index in [1.165, 1.54) is 17.5 Å². The normalized spacial score (nSPS) is 30.5. The molecule has 1 spiro atoms. The fourth-order valence-electron chi connectivity index (χ4n) is 9.02. The Hall–Kier alpha value is -3.54. The molecule has 2 bridgehead atoms. The van der Waals surface area contributed by atoms with Crippen LogP contribution >= 0.6 is 11.6 Å². The Morgan fingerprint density at radius 1 is 1.10 bits per heavy atom. The molecule has 1 aromatic heterocycles. The Bertz CT molecular complexity index is 1910. The Morgan fingerprint density at radius 2 is 1.94 bits per heavy atom. The van der Waals surface area contributed by atoms with E-state index in [1.807, 2.05) is 13.0 Å². The lowest BCUT2D eigenvalue weighted by atomic mass is 9.61. The molecule has 0 saturated heterocycles. The number of aromatic nitrogens is 2. The molecule has 2 aromatic carbocycles. The average molecular weight is 735 g/mol. The van der Waals surface area contributed by atoms with Crippen LogP contribution in [0.15, 0.2) is 55.0 Å². The molecule has 4 aliphatic rings. The zero-order valence-corrected chi connectivity index (χ0v) is 30.9. The van der Waals surface area contributed by atoms with Crippen LogP contribution in [0.1, 0.15) is 92.4 Å². The lowest BCUT2D eigenvalue weighted by Gasteiger charge is -2.50. The van der Waals surface area contributed by atoms with Gasteiger partial charge in [0.15, 0.2) is 0 Å². The van der Waals surface area contributed by atoms with Crippen molar-refractivity contribution in [1.82, 2.24) is 14.7 Å². The maximum absolute atomic E-state index is 13.6. The number of halogens is 1. The van der Waals surface area contributed by atoms with Crippen LogP contribution < -0.4 is 14.4 Å². The molecule has 6 atom stereocenters. The molecule has 3 aromatic rings. The van der Waals surface area contributed by atoms with E-state index >= 15 is 0 Å². The van der Waals surface area contributed by atoms with Crippen LogP contribution in [0.2, 0.25) is 5.02 Å². The first-order valence-corrected chi connectivity index (χ1v) is 20.1. The second kappa shape index (κ2) is 14.1. The largest absolute Gasteiger partial charge is 0.490 e. The molecule has 2 aliphatic heterocycles. The van der Waals surface area contributed by atoms with Crippen molar-refractivity contribution in [2.45, 2.75) is 94.3 Å². The second-order valence-corrected chi connectivity index (χ2v) is 18.0. The van der Waals surface area contributed by atoms with Gasteiger partial charge in [0.1, 0.15) is 17.9 Å². The standard InChI is InChI=1S/C39H47ClN4O6S/c1-25-5-3-15-39(47,20-32(45)19-31-13-16-41-24-42-31)34-10-7-29(34)21-44-22-38(14-4-6-27-17-30(40)9-11-33(27)38)23-50-36-12-8-28(18-35(36)44)37(46)43-51(48,49)26(25)2/h8-9,11-13,16-18,24-26,29,34,47H,3-7,10,14-15,19-23H2,1-2H3,(H,43,46)/t25-,26+,29-,34+,38-,39+/m0/s1. The van der Waals surface area contributed by atoms with Crippen LogP contribution in [0, 0.1) is 17.8 Å². The van der Waals surface area contributed by atoms with Crippen molar-refractivity contribution in [2.24, 2.45) is 17.8 Å². The van der Waals surface area contributed by atoms with E-state index in [9.17, 15) is 23.1 Å². The zero-order valence-electron chi connectivity index (χ0n) is 29.3. The van der Waals surface area contributed by atoms with E-state index in [1.54, 1.807) is 37.4 Å². The lowest BCUT2D eigenvalue weighted by Crippen LogP contribution is -2.53. The van der Waals surface area contributed by atoms with Crippen molar-refractivity contribution in [2.75, 3.05) is 24.6 Å². The Morgan fingerprint density at radius 3 is 2.71 bits per heavy atom. The molecule has 7 rings (SSSR count). The number of carbonyl (C=O) groups is 2. The zero-order chi connectivity index (χ0) is 36.0. The van der Waals surface area contributed by atoms with Gasteiger partial charge in [-0.3, -0.25) is 9.59 Å².